The first kappa shape index (κ1) is 14.1. The van der Waals surface area contributed by atoms with Gasteiger partial charge in [0.05, 0.1) is 5.25 Å². The first-order valence-electron chi connectivity index (χ1n) is 6.01. The number of hydrogen-bond donors (Lipinski definition) is 1. The summed E-state index contributed by atoms with van der Waals surface area (Å²) < 4.78 is 0.935. The van der Waals surface area contributed by atoms with Gasteiger partial charge in [0.25, 0.3) is 0 Å². The number of aryl methyl sites for hydroxylation is 2. The Hall–Kier alpha value is -1.33. The van der Waals surface area contributed by atoms with E-state index in [4.69, 9.17) is 0 Å². The second kappa shape index (κ2) is 6.21. The van der Waals surface area contributed by atoms with Crippen molar-refractivity contribution in [2.24, 2.45) is 0 Å². The molecule has 100 valence electrons. The van der Waals surface area contributed by atoms with Gasteiger partial charge in [0, 0.05) is 16.8 Å². The van der Waals surface area contributed by atoms with Crippen LogP contribution < -0.4 is 5.32 Å². The molecule has 2 aromatic rings. The predicted molar refractivity (Wildman–Crippen MR) is 82.0 cm³/mol. The molecule has 0 saturated carbocycles. The number of aromatic nitrogens is 1. The van der Waals surface area contributed by atoms with E-state index < -0.39 is 0 Å². The maximum Gasteiger partial charge on any atom is 0.237 e. The highest BCUT2D eigenvalue weighted by atomic mass is 32.2. The summed E-state index contributed by atoms with van der Waals surface area (Å²) in [4.78, 5) is 16.4. The van der Waals surface area contributed by atoms with Gasteiger partial charge in [-0.1, -0.05) is 23.9 Å². The van der Waals surface area contributed by atoms with Crippen LogP contribution in [0.25, 0.3) is 0 Å². The second-order valence-electron chi connectivity index (χ2n) is 4.37. The summed E-state index contributed by atoms with van der Waals surface area (Å²) in [7, 11) is 0. The van der Waals surface area contributed by atoms with Crippen LogP contribution in [0.5, 0.6) is 0 Å². The standard InChI is InChI=1S/C14H16N2OS2/c1-9-5-4-6-12(7-9)16-13(17)11(3)19-14-15-10(2)8-18-14/h4-8,11H,1-3H3,(H,16,17)/t11-/m1/s1. The molecule has 1 aromatic heterocycles. The van der Waals surface area contributed by atoms with Crippen molar-refractivity contribution in [1.82, 2.24) is 4.98 Å². The molecule has 0 fully saturated rings. The van der Waals surface area contributed by atoms with Gasteiger partial charge < -0.3 is 5.32 Å². The molecule has 3 nitrogen and oxygen atoms in total. The summed E-state index contributed by atoms with van der Waals surface area (Å²) in [5, 5.41) is 4.76. The largest absolute Gasteiger partial charge is 0.325 e. The molecule has 1 aromatic carbocycles. The summed E-state index contributed by atoms with van der Waals surface area (Å²) in [6.45, 7) is 5.86. The number of nitrogens with one attached hydrogen (secondary N) is 1. The molecular weight excluding hydrogens is 276 g/mol. The number of amides is 1. The Morgan fingerprint density at radius 1 is 1.42 bits per heavy atom. The Labute approximate surface area is 121 Å². The average Bonchev–Trinajstić information content (AvgIpc) is 2.74. The van der Waals surface area contributed by atoms with Crippen LogP contribution in [0.4, 0.5) is 5.69 Å². The summed E-state index contributed by atoms with van der Waals surface area (Å²) in [6.07, 6.45) is 0. The number of carbonyl (C=O) groups is 1. The van der Waals surface area contributed by atoms with Crippen molar-refractivity contribution in [3.05, 3.63) is 40.9 Å². The quantitative estimate of drug-likeness (QED) is 0.870. The molecule has 0 aliphatic carbocycles. The molecule has 1 atom stereocenters. The zero-order valence-corrected chi connectivity index (χ0v) is 12.8. The van der Waals surface area contributed by atoms with E-state index in [0.29, 0.717) is 0 Å². The fraction of sp³-hybridized carbons (Fsp3) is 0.286. The molecular formula is C14H16N2OS2. The number of thiazole rings is 1. The molecule has 0 unspecified atom stereocenters. The minimum Gasteiger partial charge on any atom is -0.325 e. The lowest BCUT2D eigenvalue weighted by Crippen LogP contribution is -2.22. The van der Waals surface area contributed by atoms with Gasteiger partial charge in [-0.15, -0.1) is 11.3 Å². The van der Waals surface area contributed by atoms with Crippen molar-refractivity contribution in [2.75, 3.05) is 5.32 Å². The third-order valence-corrected chi connectivity index (χ3v) is 4.72. The van der Waals surface area contributed by atoms with Crippen LogP contribution in [0.15, 0.2) is 34.0 Å². The Bertz CT molecular complexity index is 580. The number of thioether (sulfide) groups is 1. The van der Waals surface area contributed by atoms with E-state index in [9.17, 15) is 4.79 Å². The topological polar surface area (TPSA) is 42.0 Å². The number of anilines is 1. The van der Waals surface area contributed by atoms with Crippen LogP contribution in [-0.4, -0.2) is 16.1 Å². The van der Waals surface area contributed by atoms with Gasteiger partial charge in [-0.25, -0.2) is 4.98 Å². The van der Waals surface area contributed by atoms with Gasteiger partial charge in [0.2, 0.25) is 5.91 Å². The van der Waals surface area contributed by atoms with Crippen molar-refractivity contribution < 1.29 is 4.79 Å². The maximum absolute atomic E-state index is 12.1. The average molecular weight is 292 g/mol. The lowest BCUT2D eigenvalue weighted by molar-refractivity contribution is -0.115. The molecule has 2 rings (SSSR count). The van der Waals surface area contributed by atoms with Gasteiger partial charge in [-0.05, 0) is 38.5 Å². The highest BCUT2D eigenvalue weighted by molar-refractivity contribution is 8.02. The van der Waals surface area contributed by atoms with Crippen LogP contribution in [0.3, 0.4) is 0 Å². The van der Waals surface area contributed by atoms with E-state index in [1.54, 1.807) is 11.3 Å². The normalized spacial score (nSPS) is 12.2. The zero-order chi connectivity index (χ0) is 13.8. The van der Waals surface area contributed by atoms with Crippen LogP contribution >= 0.6 is 23.1 Å². The Balaban J connectivity index is 1.96. The first-order valence-corrected chi connectivity index (χ1v) is 7.77. The highest BCUT2D eigenvalue weighted by Crippen LogP contribution is 2.27. The lowest BCUT2D eigenvalue weighted by Gasteiger charge is -2.10. The minimum absolute atomic E-state index is 0.00320. The SMILES string of the molecule is Cc1cccc(NC(=O)[C@@H](C)Sc2nc(C)cs2)c1. The van der Waals surface area contributed by atoms with E-state index in [-0.39, 0.29) is 11.2 Å². The van der Waals surface area contributed by atoms with Crippen LogP contribution in [0.1, 0.15) is 18.2 Å². The van der Waals surface area contributed by atoms with Crippen LogP contribution in [0.2, 0.25) is 0 Å². The Kier molecular flexibility index (Phi) is 4.61. The van der Waals surface area contributed by atoms with Gasteiger partial charge in [-0.3, -0.25) is 4.79 Å². The smallest absolute Gasteiger partial charge is 0.237 e. The maximum atomic E-state index is 12.1. The number of carbonyl (C=O) groups excluding carboxylic acids is 1. The number of hydrogen-bond acceptors (Lipinski definition) is 4. The third kappa shape index (κ3) is 4.08. The van der Waals surface area contributed by atoms with E-state index in [1.165, 1.54) is 11.8 Å². The van der Waals surface area contributed by atoms with Gasteiger partial charge in [-0.2, -0.15) is 0 Å². The molecule has 0 bridgehead atoms. The molecule has 0 aliphatic heterocycles. The fourth-order valence-electron chi connectivity index (χ4n) is 1.56. The molecule has 0 aliphatic rings. The van der Waals surface area contributed by atoms with E-state index in [0.717, 1.165) is 21.3 Å². The van der Waals surface area contributed by atoms with Crippen LogP contribution in [-0.2, 0) is 4.79 Å². The number of benzene rings is 1. The van der Waals surface area contributed by atoms with Crippen molar-refractivity contribution in [1.29, 1.82) is 0 Å². The summed E-state index contributed by atoms with van der Waals surface area (Å²) >= 11 is 3.07. The van der Waals surface area contributed by atoms with E-state index >= 15 is 0 Å². The third-order valence-electron chi connectivity index (χ3n) is 2.53. The molecule has 0 saturated heterocycles. The Morgan fingerprint density at radius 2 is 2.21 bits per heavy atom. The molecule has 1 amide bonds. The fourth-order valence-corrected chi connectivity index (χ4v) is 3.54. The van der Waals surface area contributed by atoms with Crippen molar-refractivity contribution >= 4 is 34.7 Å². The van der Waals surface area contributed by atoms with Crippen molar-refractivity contribution in [3.63, 3.8) is 0 Å². The molecule has 5 heteroatoms. The molecule has 0 spiro atoms. The zero-order valence-electron chi connectivity index (χ0n) is 11.1. The van der Waals surface area contributed by atoms with Crippen molar-refractivity contribution in [3.8, 4) is 0 Å². The van der Waals surface area contributed by atoms with Crippen LogP contribution in [0, 0.1) is 13.8 Å². The highest BCUT2D eigenvalue weighted by Gasteiger charge is 2.16. The predicted octanol–water partition coefficient (Wildman–Crippen LogP) is 3.88. The Morgan fingerprint density at radius 3 is 2.84 bits per heavy atom. The molecule has 0 radical (unpaired) electrons. The minimum atomic E-state index is -0.161. The number of nitrogens with zero attached hydrogens (tertiary/aromatic N) is 1. The monoisotopic (exact) mass is 292 g/mol. The molecule has 19 heavy (non-hydrogen) atoms. The van der Waals surface area contributed by atoms with Crippen molar-refractivity contribution in [2.45, 2.75) is 30.4 Å². The van der Waals surface area contributed by atoms with Gasteiger partial charge in [0.15, 0.2) is 4.34 Å². The second-order valence-corrected chi connectivity index (χ2v) is 6.82. The van der Waals surface area contributed by atoms with Gasteiger partial charge in [0.1, 0.15) is 0 Å². The molecule has 1 heterocycles. The first-order chi connectivity index (χ1) is 9.04. The summed E-state index contributed by atoms with van der Waals surface area (Å²) in [6, 6.07) is 7.80. The lowest BCUT2D eigenvalue weighted by atomic mass is 10.2. The van der Waals surface area contributed by atoms with E-state index in [1.807, 2.05) is 50.4 Å². The summed E-state index contributed by atoms with van der Waals surface area (Å²) in [5.41, 5.74) is 2.97. The molecule has 1 N–H and O–H groups in total. The van der Waals surface area contributed by atoms with E-state index in [2.05, 4.69) is 10.3 Å². The van der Waals surface area contributed by atoms with Gasteiger partial charge >= 0.3 is 0 Å². The summed E-state index contributed by atoms with van der Waals surface area (Å²) in [5.74, 6) is 0.00320. The number of rotatable bonds is 4.